The van der Waals surface area contributed by atoms with Crippen molar-refractivity contribution in [1.82, 2.24) is 4.90 Å². The molecule has 0 unspecified atom stereocenters. The van der Waals surface area contributed by atoms with E-state index in [-0.39, 0.29) is 34.7 Å². The van der Waals surface area contributed by atoms with E-state index in [2.05, 4.69) is 20.8 Å². The van der Waals surface area contributed by atoms with Crippen molar-refractivity contribution in [3.8, 4) is 11.5 Å². The summed E-state index contributed by atoms with van der Waals surface area (Å²) in [6, 6.07) is 10.5. The molecule has 0 bridgehead atoms. The number of benzene rings is 2. The summed E-state index contributed by atoms with van der Waals surface area (Å²) in [5, 5.41) is 21.5. The van der Waals surface area contributed by atoms with Gasteiger partial charge in [-0.2, -0.15) is 0 Å². The predicted molar refractivity (Wildman–Crippen MR) is 118 cm³/mol. The van der Waals surface area contributed by atoms with E-state index in [4.69, 9.17) is 9.15 Å². The van der Waals surface area contributed by atoms with Gasteiger partial charge in [0.05, 0.1) is 6.10 Å². The number of aromatic hydroxyl groups is 1. The molecule has 158 valence electrons. The van der Waals surface area contributed by atoms with Crippen molar-refractivity contribution in [2.45, 2.75) is 32.0 Å². The average Bonchev–Trinajstić information content (AvgIpc) is 2.67. The molecule has 0 spiro atoms. The minimum absolute atomic E-state index is 0.120. The van der Waals surface area contributed by atoms with Gasteiger partial charge in [-0.3, -0.25) is 4.79 Å². The lowest BCUT2D eigenvalue weighted by atomic mass is 9.85. The van der Waals surface area contributed by atoms with Gasteiger partial charge >= 0.3 is 0 Å². The molecule has 2 heterocycles. The number of fused-ring (bicyclic) bond motifs is 1. The molecule has 1 fully saturated rings. The molecule has 1 aliphatic rings. The van der Waals surface area contributed by atoms with Crippen LogP contribution in [0.15, 0.2) is 50.1 Å². The van der Waals surface area contributed by atoms with Crippen molar-refractivity contribution in [2.24, 2.45) is 0 Å². The number of nitrogens with zero attached hydrogens (tertiary/aromatic N) is 1. The van der Waals surface area contributed by atoms with Gasteiger partial charge in [-0.25, -0.2) is 0 Å². The van der Waals surface area contributed by atoms with Gasteiger partial charge < -0.3 is 24.3 Å². The van der Waals surface area contributed by atoms with Crippen LogP contribution in [-0.4, -0.2) is 41.4 Å². The van der Waals surface area contributed by atoms with Crippen LogP contribution in [0.4, 0.5) is 0 Å². The van der Waals surface area contributed by atoms with Crippen molar-refractivity contribution < 1.29 is 19.4 Å². The fourth-order valence-corrected chi connectivity index (χ4v) is 4.50. The second kappa shape index (κ2) is 8.41. The van der Waals surface area contributed by atoms with Gasteiger partial charge in [-0.15, -0.1) is 0 Å². The number of phenols is 1. The lowest BCUT2D eigenvalue weighted by Gasteiger charge is -2.34. The zero-order valence-corrected chi connectivity index (χ0v) is 18.5. The highest BCUT2D eigenvalue weighted by atomic mass is 79.9. The third-order valence-electron chi connectivity index (χ3n) is 5.60. The molecule has 3 aromatic rings. The maximum absolute atomic E-state index is 12.6. The molecule has 6 nitrogen and oxygen atoms in total. The summed E-state index contributed by atoms with van der Waals surface area (Å²) in [6.07, 6.45) is 0.0359. The normalized spacial score (nSPS) is 19.9. The molecule has 30 heavy (non-hydrogen) atoms. The second-order valence-electron chi connectivity index (χ2n) is 7.84. The Labute approximate surface area is 182 Å². The minimum atomic E-state index is -0.645. The Kier molecular flexibility index (Phi) is 5.86. The molecule has 0 aliphatic carbocycles. The Morgan fingerprint density at radius 2 is 2.07 bits per heavy atom. The third-order valence-corrected chi connectivity index (χ3v) is 6.38. The van der Waals surface area contributed by atoms with E-state index in [0.29, 0.717) is 30.0 Å². The van der Waals surface area contributed by atoms with Crippen LogP contribution in [0.3, 0.4) is 0 Å². The van der Waals surface area contributed by atoms with Crippen LogP contribution in [0, 0.1) is 6.92 Å². The molecule has 0 amide bonds. The van der Waals surface area contributed by atoms with Gasteiger partial charge in [-0.1, -0.05) is 34.1 Å². The zero-order chi connectivity index (χ0) is 21.4. The number of aryl methyl sites for hydroxylation is 1. The third kappa shape index (κ3) is 3.97. The first kappa shape index (κ1) is 20.9. The quantitative estimate of drug-likeness (QED) is 0.597. The molecular weight excluding hydrogens is 450 g/mol. The Bertz CT molecular complexity index is 1140. The number of likely N-dealkylation sites (N-methyl/N-ethyl adjacent to an activating group) is 1. The highest BCUT2D eigenvalue weighted by molar-refractivity contribution is 9.10. The maximum Gasteiger partial charge on any atom is 0.196 e. The first-order valence-corrected chi connectivity index (χ1v) is 10.7. The van der Waals surface area contributed by atoms with Crippen LogP contribution in [0.25, 0.3) is 11.0 Å². The highest BCUT2D eigenvalue weighted by Gasteiger charge is 2.33. The maximum atomic E-state index is 12.6. The van der Waals surface area contributed by atoms with Gasteiger partial charge in [0.15, 0.2) is 5.43 Å². The van der Waals surface area contributed by atoms with E-state index in [1.807, 2.05) is 31.3 Å². The van der Waals surface area contributed by atoms with Crippen LogP contribution in [-0.2, 0) is 6.61 Å². The molecule has 1 aliphatic heterocycles. The molecule has 2 N–H and O–H groups in total. The number of hydrogen-bond acceptors (Lipinski definition) is 6. The molecule has 0 radical (unpaired) electrons. The lowest BCUT2D eigenvalue weighted by molar-refractivity contribution is 0.0626. The van der Waals surface area contributed by atoms with Crippen LogP contribution < -0.4 is 10.2 Å². The van der Waals surface area contributed by atoms with Crippen LogP contribution in [0.1, 0.15) is 29.2 Å². The van der Waals surface area contributed by atoms with Gasteiger partial charge in [0.1, 0.15) is 34.8 Å². The van der Waals surface area contributed by atoms with Crippen LogP contribution in [0.5, 0.6) is 11.5 Å². The Balaban J connectivity index is 1.86. The summed E-state index contributed by atoms with van der Waals surface area (Å²) in [4.78, 5) is 14.6. The number of aliphatic hydroxyl groups excluding tert-OH is 1. The zero-order valence-electron chi connectivity index (χ0n) is 16.9. The Morgan fingerprint density at radius 3 is 2.80 bits per heavy atom. The molecule has 7 heteroatoms. The number of piperidine rings is 1. The van der Waals surface area contributed by atoms with E-state index in [0.717, 1.165) is 16.6 Å². The van der Waals surface area contributed by atoms with Crippen LogP contribution in [0.2, 0.25) is 0 Å². The van der Waals surface area contributed by atoms with E-state index >= 15 is 0 Å². The van der Waals surface area contributed by atoms with Gasteiger partial charge in [-0.05, 0) is 33.0 Å². The Morgan fingerprint density at radius 1 is 1.30 bits per heavy atom. The standard InChI is InChI=1S/C23H24BrNO5/c1-13-9-17(26)22-18(27)10-20(29-12-14-5-3-4-6-16(14)24)21(23(22)30-13)15-7-8-25(2)11-19(15)28/h3-6,9-10,15,19,27-28H,7-8,11-12H2,1-2H3/t15-,19+/m0/s1. The predicted octanol–water partition coefficient (Wildman–Crippen LogP) is 3.93. The second-order valence-corrected chi connectivity index (χ2v) is 8.69. The topological polar surface area (TPSA) is 83.1 Å². The van der Waals surface area contributed by atoms with Gasteiger partial charge in [0.2, 0.25) is 0 Å². The van der Waals surface area contributed by atoms with Crippen LogP contribution >= 0.6 is 15.9 Å². The van der Waals surface area contributed by atoms with Crippen molar-refractivity contribution in [3.05, 3.63) is 68.0 Å². The van der Waals surface area contributed by atoms with E-state index in [1.165, 1.54) is 12.1 Å². The minimum Gasteiger partial charge on any atom is -0.507 e. The largest absolute Gasteiger partial charge is 0.507 e. The first-order valence-electron chi connectivity index (χ1n) is 9.88. The molecule has 2 aromatic carbocycles. The molecule has 1 aromatic heterocycles. The first-order chi connectivity index (χ1) is 14.3. The smallest absolute Gasteiger partial charge is 0.196 e. The van der Waals surface area contributed by atoms with E-state index in [1.54, 1.807) is 6.92 Å². The molecule has 1 saturated heterocycles. The van der Waals surface area contributed by atoms with E-state index < -0.39 is 6.10 Å². The van der Waals surface area contributed by atoms with Gasteiger partial charge in [0, 0.05) is 40.2 Å². The fraction of sp³-hybridized carbons (Fsp3) is 0.348. The number of ether oxygens (including phenoxy) is 1. The lowest BCUT2D eigenvalue weighted by Crippen LogP contribution is -2.40. The summed E-state index contributed by atoms with van der Waals surface area (Å²) in [6.45, 7) is 3.26. The number of rotatable bonds is 4. The average molecular weight is 474 g/mol. The summed E-state index contributed by atoms with van der Waals surface area (Å²) in [7, 11) is 1.96. The Hall–Kier alpha value is -2.35. The number of β-amino-alcohol motifs (C(OH)–C–C–N with tert-alkyl or cyclic N) is 1. The number of aliphatic hydroxyl groups is 1. The molecule has 0 saturated carbocycles. The number of phenolic OH excluding ortho intramolecular Hbond substituents is 1. The van der Waals surface area contributed by atoms with Crippen molar-refractivity contribution in [2.75, 3.05) is 20.1 Å². The summed E-state index contributed by atoms with van der Waals surface area (Å²) < 4.78 is 13.0. The fourth-order valence-electron chi connectivity index (χ4n) is 4.10. The molecule has 4 rings (SSSR count). The van der Waals surface area contributed by atoms with Crippen molar-refractivity contribution >= 4 is 26.9 Å². The highest BCUT2D eigenvalue weighted by Crippen LogP contribution is 2.42. The number of likely N-dealkylation sites (tertiary alicyclic amines) is 1. The van der Waals surface area contributed by atoms with Crippen molar-refractivity contribution in [3.63, 3.8) is 0 Å². The SMILES string of the molecule is Cc1cc(=O)c2c(O)cc(OCc3ccccc3Br)c([C@H]3CCN(C)C[C@H]3O)c2o1. The summed E-state index contributed by atoms with van der Waals surface area (Å²) in [5.74, 6) is 0.395. The summed E-state index contributed by atoms with van der Waals surface area (Å²) in [5.41, 5.74) is 1.55. The summed E-state index contributed by atoms with van der Waals surface area (Å²) >= 11 is 3.52. The number of halogens is 1. The molecule has 2 atom stereocenters. The van der Waals surface area contributed by atoms with E-state index in [9.17, 15) is 15.0 Å². The van der Waals surface area contributed by atoms with Crippen molar-refractivity contribution in [1.29, 1.82) is 0 Å². The van der Waals surface area contributed by atoms with Gasteiger partial charge in [0.25, 0.3) is 0 Å². The molecular formula is C23H24BrNO5. The number of hydrogen-bond donors (Lipinski definition) is 2. The monoisotopic (exact) mass is 473 g/mol.